The second kappa shape index (κ2) is 6.14. The van der Waals surface area contributed by atoms with Gasteiger partial charge < -0.3 is 19.3 Å². The summed E-state index contributed by atoms with van der Waals surface area (Å²) in [6.07, 6.45) is 2.74. The Morgan fingerprint density at radius 3 is 3.21 bits per heavy atom. The normalized spacial score (nSPS) is 26.5. The average Bonchev–Trinajstić information content (AvgIpc) is 3.22. The minimum Gasteiger partial charge on any atom is -0.474 e. The number of nitrogens with zero attached hydrogens (tertiary/aromatic N) is 3. The van der Waals surface area contributed by atoms with Crippen LogP contribution < -0.4 is 10.1 Å². The quantitative estimate of drug-likeness (QED) is 0.915. The molecule has 7 heteroatoms. The molecule has 2 aromatic heterocycles. The van der Waals surface area contributed by atoms with E-state index in [0.29, 0.717) is 30.1 Å². The number of ether oxygens (including phenoxy) is 2. The molecule has 2 aliphatic heterocycles. The first-order valence-corrected chi connectivity index (χ1v) is 8.44. The molecule has 0 spiro atoms. The van der Waals surface area contributed by atoms with Gasteiger partial charge in [-0.2, -0.15) is 4.98 Å². The van der Waals surface area contributed by atoms with E-state index < -0.39 is 0 Å². The molecule has 0 saturated carbocycles. The third kappa shape index (κ3) is 2.57. The van der Waals surface area contributed by atoms with Crippen LogP contribution in [-0.2, 0) is 10.2 Å². The Labute approximate surface area is 140 Å². The van der Waals surface area contributed by atoms with Gasteiger partial charge in [-0.05, 0) is 44.9 Å². The summed E-state index contributed by atoms with van der Waals surface area (Å²) in [7, 11) is 0. The largest absolute Gasteiger partial charge is 0.474 e. The highest BCUT2D eigenvalue weighted by Crippen LogP contribution is 2.40. The van der Waals surface area contributed by atoms with Crippen LogP contribution >= 0.6 is 0 Å². The monoisotopic (exact) mass is 330 g/mol. The number of fused-ring (bicyclic) bond motifs is 1. The van der Waals surface area contributed by atoms with Crippen molar-refractivity contribution in [1.29, 1.82) is 0 Å². The van der Waals surface area contributed by atoms with Crippen molar-refractivity contribution in [2.24, 2.45) is 5.92 Å². The topological polar surface area (TPSA) is 82.3 Å². The Morgan fingerprint density at radius 1 is 1.42 bits per heavy atom. The van der Waals surface area contributed by atoms with Crippen LogP contribution in [0.1, 0.15) is 26.2 Å². The summed E-state index contributed by atoms with van der Waals surface area (Å²) in [5.74, 6) is 2.16. The zero-order valence-electron chi connectivity index (χ0n) is 14.0. The van der Waals surface area contributed by atoms with E-state index >= 15 is 0 Å². The predicted octanol–water partition coefficient (Wildman–Crippen LogP) is 1.80. The molecule has 0 radical (unpaired) electrons. The van der Waals surface area contributed by atoms with Crippen LogP contribution in [0.3, 0.4) is 0 Å². The van der Waals surface area contributed by atoms with Crippen LogP contribution in [0.4, 0.5) is 0 Å². The van der Waals surface area contributed by atoms with Gasteiger partial charge in [0.05, 0.1) is 23.7 Å². The van der Waals surface area contributed by atoms with E-state index in [4.69, 9.17) is 14.0 Å². The summed E-state index contributed by atoms with van der Waals surface area (Å²) < 4.78 is 17.2. The first kappa shape index (κ1) is 15.5. The van der Waals surface area contributed by atoms with E-state index in [2.05, 4.69) is 20.4 Å². The lowest BCUT2D eigenvalue weighted by molar-refractivity contribution is 0.00198. The second-order valence-electron chi connectivity index (χ2n) is 6.77. The Balaban J connectivity index is 1.69. The van der Waals surface area contributed by atoms with Gasteiger partial charge in [-0.3, -0.25) is 0 Å². The fourth-order valence-electron chi connectivity index (χ4n) is 3.56. The summed E-state index contributed by atoms with van der Waals surface area (Å²) in [5, 5.41) is 7.64. The van der Waals surface area contributed by atoms with Crippen LogP contribution in [0.5, 0.6) is 5.88 Å². The van der Waals surface area contributed by atoms with Crippen LogP contribution in [0, 0.1) is 5.92 Å². The fraction of sp³-hybridized carbons (Fsp3) is 0.588. The minimum absolute atomic E-state index is 0.0266. The Morgan fingerprint density at radius 2 is 2.33 bits per heavy atom. The maximum Gasteiger partial charge on any atom is 0.237 e. The molecule has 24 heavy (non-hydrogen) atoms. The third-order valence-electron chi connectivity index (χ3n) is 4.79. The summed E-state index contributed by atoms with van der Waals surface area (Å²) in [6.45, 7) is 7.12. The van der Waals surface area contributed by atoms with Crippen molar-refractivity contribution < 1.29 is 14.0 Å². The van der Waals surface area contributed by atoms with Gasteiger partial charge in [-0.1, -0.05) is 5.16 Å². The molecule has 2 fully saturated rings. The summed E-state index contributed by atoms with van der Waals surface area (Å²) >= 11 is 0. The molecule has 2 aromatic rings. The van der Waals surface area contributed by atoms with Crippen molar-refractivity contribution in [2.75, 3.05) is 26.3 Å². The molecule has 2 atom stereocenters. The lowest BCUT2D eigenvalue weighted by atomic mass is 9.75. The van der Waals surface area contributed by atoms with Crippen molar-refractivity contribution in [2.45, 2.75) is 31.8 Å². The maximum atomic E-state index is 5.77. The molecule has 0 bridgehead atoms. The zero-order chi connectivity index (χ0) is 16.6. The Kier molecular flexibility index (Phi) is 3.97. The molecular formula is C17H22N4O3. The number of aromatic nitrogens is 3. The molecule has 128 valence electrons. The highest BCUT2D eigenvalue weighted by atomic mass is 16.5. The first-order valence-electron chi connectivity index (χ1n) is 8.44. The molecule has 4 rings (SSSR count). The van der Waals surface area contributed by atoms with Crippen LogP contribution in [0.15, 0.2) is 22.9 Å². The van der Waals surface area contributed by atoms with Crippen molar-refractivity contribution in [3.8, 4) is 17.3 Å². The molecule has 1 N–H and O–H groups in total. The standard InChI is InChI=1S/C17H22N4O3/c1-11(2)23-15-13(4-3-6-19-15)14-20-16(24-21-14)17-9-18-8-12(17)5-7-22-10-17/h3-4,6,11-12,18H,5,7-10H2,1-2H3/t12-,17+/m1/s1. The van der Waals surface area contributed by atoms with Crippen LogP contribution in [-0.4, -0.2) is 47.5 Å². The van der Waals surface area contributed by atoms with E-state index in [1.165, 1.54) is 0 Å². The molecule has 2 aliphatic rings. The van der Waals surface area contributed by atoms with Gasteiger partial charge >= 0.3 is 0 Å². The van der Waals surface area contributed by atoms with Crippen molar-refractivity contribution in [3.63, 3.8) is 0 Å². The molecule has 0 aromatic carbocycles. The summed E-state index contributed by atoms with van der Waals surface area (Å²) in [5.41, 5.74) is 0.530. The van der Waals surface area contributed by atoms with Gasteiger partial charge in [0.1, 0.15) is 0 Å². The first-order chi connectivity index (χ1) is 11.7. The van der Waals surface area contributed by atoms with E-state index in [-0.39, 0.29) is 11.5 Å². The molecule has 0 aliphatic carbocycles. The van der Waals surface area contributed by atoms with E-state index in [0.717, 1.165) is 31.7 Å². The van der Waals surface area contributed by atoms with Crippen LogP contribution in [0.25, 0.3) is 11.4 Å². The van der Waals surface area contributed by atoms with Gasteiger partial charge in [0.2, 0.25) is 17.6 Å². The van der Waals surface area contributed by atoms with E-state index in [1.54, 1.807) is 6.20 Å². The lowest BCUT2D eigenvalue weighted by Crippen LogP contribution is -2.44. The lowest BCUT2D eigenvalue weighted by Gasteiger charge is -2.34. The third-order valence-corrected chi connectivity index (χ3v) is 4.79. The molecule has 7 nitrogen and oxygen atoms in total. The van der Waals surface area contributed by atoms with Crippen molar-refractivity contribution >= 4 is 0 Å². The molecular weight excluding hydrogens is 308 g/mol. The number of nitrogens with one attached hydrogen (secondary N) is 1. The second-order valence-corrected chi connectivity index (χ2v) is 6.77. The van der Waals surface area contributed by atoms with Gasteiger partial charge in [-0.15, -0.1) is 0 Å². The van der Waals surface area contributed by atoms with E-state index in [1.807, 2.05) is 26.0 Å². The van der Waals surface area contributed by atoms with Crippen molar-refractivity contribution in [3.05, 3.63) is 24.2 Å². The highest BCUT2D eigenvalue weighted by molar-refractivity contribution is 5.60. The number of hydrogen-bond acceptors (Lipinski definition) is 7. The Bertz CT molecular complexity index is 717. The van der Waals surface area contributed by atoms with Gasteiger partial charge in [-0.25, -0.2) is 4.98 Å². The molecule has 2 saturated heterocycles. The van der Waals surface area contributed by atoms with Gasteiger partial charge in [0.25, 0.3) is 0 Å². The molecule has 0 amide bonds. The van der Waals surface area contributed by atoms with E-state index in [9.17, 15) is 0 Å². The average molecular weight is 330 g/mol. The van der Waals surface area contributed by atoms with Gasteiger partial charge in [0.15, 0.2) is 0 Å². The number of rotatable bonds is 4. The van der Waals surface area contributed by atoms with Crippen molar-refractivity contribution in [1.82, 2.24) is 20.4 Å². The SMILES string of the molecule is CC(C)Oc1ncccc1-c1noc([C@]23CNC[C@H]2CCOC3)n1. The zero-order valence-corrected chi connectivity index (χ0v) is 14.0. The highest BCUT2D eigenvalue weighted by Gasteiger charge is 2.50. The Hall–Kier alpha value is -1.99. The predicted molar refractivity (Wildman–Crippen MR) is 86.8 cm³/mol. The molecule has 0 unspecified atom stereocenters. The minimum atomic E-state index is -0.217. The summed E-state index contributed by atoms with van der Waals surface area (Å²) in [6, 6.07) is 3.75. The van der Waals surface area contributed by atoms with Crippen LogP contribution in [0.2, 0.25) is 0 Å². The molecule has 4 heterocycles. The van der Waals surface area contributed by atoms with Gasteiger partial charge in [0, 0.05) is 19.3 Å². The summed E-state index contributed by atoms with van der Waals surface area (Å²) in [4.78, 5) is 8.99. The fourth-order valence-corrected chi connectivity index (χ4v) is 3.56. The smallest absolute Gasteiger partial charge is 0.237 e. The number of pyridine rings is 1. The number of hydrogen-bond donors (Lipinski definition) is 1. The maximum absolute atomic E-state index is 5.77.